The Morgan fingerprint density at radius 3 is 2.58 bits per heavy atom. The SMILES string of the molecule is CCc1ccc(/C=C2\S/C(=N/c3nc(C)cs3)N(CC)C2=O)cc1. The Balaban J connectivity index is 1.88. The predicted octanol–water partition coefficient (Wildman–Crippen LogP) is 4.64. The minimum atomic E-state index is 0.00842. The Labute approximate surface area is 150 Å². The largest absolute Gasteiger partial charge is 0.287 e. The number of thioether (sulfide) groups is 1. The number of carbonyl (C=O) groups excluding carboxylic acids is 1. The van der Waals surface area contributed by atoms with Crippen LogP contribution in [-0.2, 0) is 11.2 Å². The molecule has 2 heterocycles. The molecule has 0 saturated carbocycles. The third kappa shape index (κ3) is 3.60. The number of amidine groups is 1. The lowest BCUT2D eigenvalue weighted by Gasteiger charge is -2.11. The van der Waals surface area contributed by atoms with E-state index in [2.05, 4.69) is 41.2 Å². The van der Waals surface area contributed by atoms with Crippen LogP contribution < -0.4 is 0 Å². The molecule has 0 radical (unpaired) electrons. The summed E-state index contributed by atoms with van der Waals surface area (Å²) in [7, 11) is 0. The number of likely N-dealkylation sites (N-methyl/N-ethyl adjacent to an activating group) is 1. The molecule has 1 aliphatic heterocycles. The van der Waals surface area contributed by atoms with Gasteiger partial charge in [0.15, 0.2) is 5.17 Å². The lowest BCUT2D eigenvalue weighted by Crippen LogP contribution is -2.28. The van der Waals surface area contributed by atoms with Gasteiger partial charge in [0.25, 0.3) is 5.91 Å². The van der Waals surface area contributed by atoms with E-state index in [1.807, 2.05) is 25.3 Å². The molecule has 4 nitrogen and oxygen atoms in total. The molecule has 0 N–H and O–H groups in total. The standard InChI is InChI=1S/C18H19N3OS2/c1-4-13-6-8-14(9-7-13)10-15-16(22)21(5-2)18(24-15)20-17-19-12(3)11-23-17/h6-11H,4-5H2,1-3H3/b15-10-,20-18+. The lowest BCUT2D eigenvalue weighted by atomic mass is 10.1. The first-order chi connectivity index (χ1) is 11.6. The Morgan fingerprint density at radius 2 is 2.00 bits per heavy atom. The number of benzene rings is 1. The average Bonchev–Trinajstić information content (AvgIpc) is 3.12. The fourth-order valence-electron chi connectivity index (χ4n) is 2.35. The van der Waals surface area contributed by atoms with Gasteiger partial charge in [-0.2, -0.15) is 4.99 Å². The maximum atomic E-state index is 12.6. The highest BCUT2D eigenvalue weighted by Crippen LogP contribution is 2.34. The van der Waals surface area contributed by atoms with E-state index in [1.54, 1.807) is 4.90 Å². The van der Waals surface area contributed by atoms with E-state index >= 15 is 0 Å². The number of amides is 1. The van der Waals surface area contributed by atoms with Gasteiger partial charge < -0.3 is 0 Å². The number of aliphatic imine (C=N–C) groups is 1. The quantitative estimate of drug-likeness (QED) is 0.749. The summed E-state index contributed by atoms with van der Waals surface area (Å²) in [5, 5.41) is 3.35. The Bertz CT molecular complexity index is 806. The summed E-state index contributed by atoms with van der Waals surface area (Å²) in [6.07, 6.45) is 2.95. The normalized spacial score (nSPS) is 18.1. The second-order valence-electron chi connectivity index (χ2n) is 5.42. The minimum Gasteiger partial charge on any atom is -0.287 e. The molecule has 1 fully saturated rings. The van der Waals surface area contributed by atoms with Crippen LogP contribution in [0.3, 0.4) is 0 Å². The van der Waals surface area contributed by atoms with Crippen LogP contribution >= 0.6 is 23.1 Å². The van der Waals surface area contributed by atoms with Gasteiger partial charge in [-0.3, -0.25) is 9.69 Å². The summed E-state index contributed by atoms with van der Waals surface area (Å²) in [6, 6.07) is 8.30. The van der Waals surface area contributed by atoms with Gasteiger partial charge in [-0.25, -0.2) is 4.98 Å². The number of carbonyl (C=O) groups is 1. The second kappa shape index (κ2) is 7.32. The molecule has 0 spiro atoms. The van der Waals surface area contributed by atoms with Gasteiger partial charge in [0.1, 0.15) is 0 Å². The minimum absolute atomic E-state index is 0.00842. The van der Waals surface area contributed by atoms with E-state index in [1.165, 1.54) is 28.7 Å². The number of aromatic nitrogens is 1. The van der Waals surface area contributed by atoms with Gasteiger partial charge in [0.05, 0.1) is 10.6 Å². The topological polar surface area (TPSA) is 45.6 Å². The van der Waals surface area contributed by atoms with Crippen LogP contribution in [0.5, 0.6) is 0 Å². The monoisotopic (exact) mass is 357 g/mol. The third-order valence-corrected chi connectivity index (χ3v) is 5.55. The summed E-state index contributed by atoms with van der Waals surface area (Å²) in [6.45, 7) is 6.63. The van der Waals surface area contributed by atoms with Gasteiger partial charge in [0, 0.05) is 11.9 Å². The maximum absolute atomic E-state index is 12.6. The first-order valence-electron chi connectivity index (χ1n) is 7.92. The van der Waals surface area contributed by atoms with Crippen LogP contribution in [0.25, 0.3) is 6.08 Å². The Kier molecular flexibility index (Phi) is 5.16. The van der Waals surface area contributed by atoms with Gasteiger partial charge in [-0.15, -0.1) is 11.3 Å². The fourth-order valence-corrected chi connectivity index (χ4v) is 4.11. The van der Waals surface area contributed by atoms with Gasteiger partial charge in [-0.05, 0) is 49.2 Å². The fraction of sp³-hybridized carbons (Fsp3) is 0.278. The van der Waals surface area contributed by atoms with Crippen molar-refractivity contribution < 1.29 is 4.79 Å². The van der Waals surface area contributed by atoms with Crippen LogP contribution in [0, 0.1) is 6.92 Å². The maximum Gasteiger partial charge on any atom is 0.266 e. The molecule has 0 aliphatic carbocycles. The summed E-state index contributed by atoms with van der Waals surface area (Å²) < 4.78 is 0. The van der Waals surface area contributed by atoms with Gasteiger partial charge in [0.2, 0.25) is 5.13 Å². The molecular weight excluding hydrogens is 338 g/mol. The summed E-state index contributed by atoms with van der Waals surface area (Å²) in [4.78, 5) is 23.9. The van der Waals surface area contributed by atoms with Crippen molar-refractivity contribution in [2.24, 2.45) is 4.99 Å². The number of hydrogen-bond acceptors (Lipinski definition) is 5. The van der Waals surface area contributed by atoms with Crippen LogP contribution in [0.15, 0.2) is 39.5 Å². The van der Waals surface area contributed by atoms with E-state index in [4.69, 9.17) is 0 Å². The zero-order chi connectivity index (χ0) is 17.1. The summed E-state index contributed by atoms with van der Waals surface area (Å²) >= 11 is 2.90. The van der Waals surface area contributed by atoms with E-state index < -0.39 is 0 Å². The van der Waals surface area contributed by atoms with Crippen LogP contribution in [0.4, 0.5) is 5.13 Å². The molecule has 1 amide bonds. The number of hydrogen-bond donors (Lipinski definition) is 0. The molecule has 1 aliphatic rings. The number of thiazole rings is 1. The molecule has 24 heavy (non-hydrogen) atoms. The van der Waals surface area contributed by atoms with Crippen molar-refractivity contribution in [2.45, 2.75) is 27.2 Å². The summed E-state index contributed by atoms with van der Waals surface area (Å²) in [5.74, 6) is 0.00842. The van der Waals surface area contributed by atoms with E-state index in [-0.39, 0.29) is 5.91 Å². The molecule has 1 aromatic carbocycles. The second-order valence-corrected chi connectivity index (χ2v) is 7.27. The number of nitrogens with zero attached hydrogens (tertiary/aromatic N) is 3. The third-order valence-electron chi connectivity index (χ3n) is 3.69. The first kappa shape index (κ1) is 16.9. The molecule has 3 rings (SSSR count). The molecular formula is C18H19N3OS2. The van der Waals surface area contributed by atoms with Crippen LogP contribution in [0.2, 0.25) is 0 Å². The zero-order valence-electron chi connectivity index (χ0n) is 13.9. The molecule has 1 saturated heterocycles. The van der Waals surface area contributed by atoms with E-state index in [9.17, 15) is 4.79 Å². The molecule has 2 aromatic rings. The highest BCUT2D eigenvalue weighted by atomic mass is 32.2. The van der Waals surface area contributed by atoms with Crippen molar-refractivity contribution >= 4 is 45.4 Å². The molecule has 124 valence electrons. The number of aryl methyl sites for hydroxylation is 2. The predicted molar refractivity (Wildman–Crippen MR) is 103 cm³/mol. The summed E-state index contributed by atoms with van der Waals surface area (Å²) in [5.41, 5.74) is 3.27. The molecule has 0 atom stereocenters. The molecule has 0 unspecified atom stereocenters. The smallest absolute Gasteiger partial charge is 0.266 e. The molecule has 0 bridgehead atoms. The highest BCUT2D eigenvalue weighted by molar-refractivity contribution is 8.18. The van der Waals surface area contributed by atoms with Gasteiger partial charge >= 0.3 is 0 Å². The van der Waals surface area contributed by atoms with Crippen molar-refractivity contribution in [1.29, 1.82) is 0 Å². The lowest BCUT2D eigenvalue weighted by molar-refractivity contribution is -0.122. The van der Waals surface area contributed by atoms with Crippen LogP contribution in [-0.4, -0.2) is 27.5 Å². The molecule has 1 aromatic heterocycles. The van der Waals surface area contributed by atoms with Crippen LogP contribution in [0.1, 0.15) is 30.7 Å². The van der Waals surface area contributed by atoms with E-state index in [0.717, 1.165) is 17.7 Å². The Morgan fingerprint density at radius 1 is 1.25 bits per heavy atom. The molecule has 6 heteroatoms. The highest BCUT2D eigenvalue weighted by Gasteiger charge is 2.32. The van der Waals surface area contributed by atoms with E-state index in [0.29, 0.717) is 21.7 Å². The van der Waals surface area contributed by atoms with Gasteiger partial charge in [-0.1, -0.05) is 31.2 Å². The van der Waals surface area contributed by atoms with Crippen molar-refractivity contribution in [3.8, 4) is 0 Å². The Hall–Kier alpha value is -1.92. The average molecular weight is 358 g/mol. The zero-order valence-corrected chi connectivity index (χ0v) is 15.6. The van der Waals surface area contributed by atoms with Crippen molar-refractivity contribution in [3.63, 3.8) is 0 Å². The van der Waals surface area contributed by atoms with Crippen molar-refractivity contribution in [1.82, 2.24) is 9.88 Å². The van der Waals surface area contributed by atoms with Crippen molar-refractivity contribution in [2.75, 3.05) is 6.54 Å². The van der Waals surface area contributed by atoms with Crippen molar-refractivity contribution in [3.05, 3.63) is 51.4 Å². The first-order valence-corrected chi connectivity index (χ1v) is 9.61. The number of rotatable bonds is 4.